The second kappa shape index (κ2) is 5.93. The first-order valence-electron chi connectivity index (χ1n) is 6.05. The SMILES string of the molecule is CCC(N)CC(=O)NCc1nc2ccccc2s1. The maximum Gasteiger partial charge on any atom is 0.221 e. The molecule has 96 valence electrons. The van der Waals surface area contributed by atoms with Gasteiger partial charge in [-0.25, -0.2) is 4.98 Å². The Morgan fingerprint density at radius 1 is 1.50 bits per heavy atom. The van der Waals surface area contributed by atoms with Crippen LogP contribution in [0.1, 0.15) is 24.8 Å². The summed E-state index contributed by atoms with van der Waals surface area (Å²) in [7, 11) is 0. The smallest absolute Gasteiger partial charge is 0.221 e. The van der Waals surface area contributed by atoms with E-state index in [0.29, 0.717) is 13.0 Å². The van der Waals surface area contributed by atoms with Crippen LogP contribution in [0.3, 0.4) is 0 Å². The molecule has 0 aliphatic carbocycles. The van der Waals surface area contributed by atoms with E-state index in [1.54, 1.807) is 11.3 Å². The average molecular weight is 263 g/mol. The zero-order valence-electron chi connectivity index (χ0n) is 10.3. The number of thiazole rings is 1. The summed E-state index contributed by atoms with van der Waals surface area (Å²) < 4.78 is 1.15. The molecule has 5 heteroatoms. The number of nitrogens with one attached hydrogen (secondary N) is 1. The Bertz CT molecular complexity index is 505. The fraction of sp³-hybridized carbons (Fsp3) is 0.385. The molecule has 0 saturated carbocycles. The van der Waals surface area contributed by atoms with Gasteiger partial charge in [-0.05, 0) is 18.6 Å². The van der Waals surface area contributed by atoms with Crippen LogP contribution in [0.4, 0.5) is 0 Å². The molecule has 0 bridgehead atoms. The van der Waals surface area contributed by atoms with Crippen molar-refractivity contribution in [2.75, 3.05) is 0 Å². The van der Waals surface area contributed by atoms with Gasteiger partial charge in [0.2, 0.25) is 5.91 Å². The van der Waals surface area contributed by atoms with E-state index in [2.05, 4.69) is 10.3 Å². The van der Waals surface area contributed by atoms with Crippen LogP contribution in [0.5, 0.6) is 0 Å². The number of nitrogens with zero attached hydrogens (tertiary/aromatic N) is 1. The van der Waals surface area contributed by atoms with Crippen molar-refractivity contribution in [2.24, 2.45) is 5.73 Å². The van der Waals surface area contributed by atoms with Crippen molar-refractivity contribution in [1.82, 2.24) is 10.3 Å². The quantitative estimate of drug-likeness (QED) is 0.867. The van der Waals surface area contributed by atoms with Gasteiger partial charge in [-0.3, -0.25) is 4.79 Å². The minimum Gasteiger partial charge on any atom is -0.350 e. The average Bonchev–Trinajstić information content (AvgIpc) is 2.79. The Morgan fingerprint density at radius 2 is 2.28 bits per heavy atom. The zero-order chi connectivity index (χ0) is 13.0. The molecule has 0 aliphatic heterocycles. The molecule has 3 N–H and O–H groups in total. The normalized spacial score (nSPS) is 12.6. The Balaban J connectivity index is 1.92. The van der Waals surface area contributed by atoms with Crippen LogP contribution in [-0.4, -0.2) is 16.9 Å². The van der Waals surface area contributed by atoms with E-state index < -0.39 is 0 Å². The van der Waals surface area contributed by atoms with Gasteiger partial charge in [0, 0.05) is 12.5 Å². The maximum atomic E-state index is 11.6. The lowest BCUT2D eigenvalue weighted by Crippen LogP contribution is -2.30. The maximum absolute atomic E-state index is 11.6. The van der Waals surface area contributed by atoms with Gasteiger partial charge in [0.1, 0.15) is 5.01 Å². The number of aromatic nitrogens is 1. The van der Waals surface area contributed by atoms with Gasteiger partial charge in [-0.15, -0.1) is 11.3 Å². The number of rotatable bonds is 5. The topological polar surface area (TPSA) is 68.0 Å². The molecule has 0 saturated heterocycles. The number of hydrogen-bond acceptors (Lipinski definition) is 4. The summed E-state index contributed by atoms with van der Waals surface area (Å²) in [5, 5.41) is 3.78. The molecule has 1 heterocycles. The molecule has 0 fully saturated rings. The molecule has 1 unspecified atom stereocenters. The van der Waals surface area contributed by atoms with Crippen LogP contribution in [0, 0.1) is 0 Å². The first kappa shape index (κ1) is 13.0. The van der Waals surface area contributed by atoms with E-state index in [0.717, 1.165) is 21.6 Å². The summed E-state index contributed by atoms with van der Waals surface area (Å²) in [5.74, 6) is -0.0105. The second-order valence-electron chi connectivity index (χ2n) is 4.22. The van der Waals surface area contributed by atoms with Crippen LogP contribution in [0.15, 0.2) is 24.3 Å². The predicted octanol–water partition coefficient (Wildman–Crippen LogP) is 2.04. The molecule has 1 aromatic heterocycles. The first-order chi connectivity index (χ1) is 8.69. The van der Waals surface area contributed by atoms with E-state index in [4.69, 9.17) is 5.73 Å². The number of nitrogens with two attached hydrogens (primary N) is 1. The van der Waals surface area contributed by atoms with Crippen molar-refractivity contribution in [3.63, 3.8) is 0 Å². The fourth-order valence-electron chi connectivity index (χ4n) is 1.62. The van der Waals surface area contributed by atoms with E-state index in [9.17, 15) is 4.79 Å². The highest BCUT2D eigenvalue weighted by molar-refractivity contribution is 7.18. The molecule has 1 aromatic carbocycles. The Hall–Kier alpha value is -1.46. The van der Waals surface area contributed by atoms with E-state index in [1.807, 2.05) is 31.2 Å². The van der Waals surface area contributed by atoms with E-state index in [1.165, 1.54) is 0 Å². The molecule has 4 nitrogen and oxygen atoms in total. The van der Waals surface area contributed by atoms with Crippen molar-refractivity contribution in [2.45, 2.75) is 32.4 Å². The predicted molar refractivity (Wildman–Crippen MR) is 74.4 cm³/mol. The largest absolute Gasteiger partial charge is 0.350 e. The van der Waals surface area contributed by atoms with E-state index >= 15 is 0 Å². The number of amides is 1. The third kappa shape index (κ3) is 3.27. The molecular formula is C13H17N3OS. The summed E-state index contributed by atoms with van der Waals surface area (Å²) in [5.41, 5.74) is 6.71. The molecule has 2 rings (SSSR count). The second-order valence-corrected chi connectivity index (χ2v) is 5.34. The van der Waals surface area contributed by atoms with Crippen molar-refractivity contribution >= 4 is 27.5 Å². The van der Waals surface area contributed by atoms with Crippen molar-refractivity contribution < 1.29 is 4.79 Å². The van der Waals surface area contributed by atoms with Gasteiger partial charge in [-0.2, -0.15) is 0 Å². The van der Waals surface area contributed by atoms with Crippen LogP contribution in [0.2, 0.25) is 0 Å². The van der Waals surface area contributed by atoms with Crippen molar-refractivity contribution in [3.8, 4) is 0 Å². The first-order valence-corrected chi connectivity index (χ1v) is 6.87. The summed E-state index contributed by atoms with van der Waals surface area (Å²) >= 11 is 1.61. The van der Waals surface area contributed by atoms with Crippen LogP contribution >= 0.6 is 11.3 Å². The van der Waals surface area contributed by atoms with Crippen LogP contribution in [-0.2, 0) is 11.3 Å². The van der Waals surface area contributed by atoms with Crippen LogP contribution in [0.25, 0.3) is 10.2 Å². The Kier molecular flexibility index (Phi) is 4.28. The lowest BCUT2D eigenvalue weighted by molar-refractivity contribution is -0.121. The van der Waals surface area contributed by atoms with Gasteiger partial charge in [0.15, 0.2) is 0 Å². The van der Waals surface area contributed by atoms with Gasteiger partial charge in [0.25, 0.3) is 0 Å². The highest BCUT2D eigenvalue weighted by Crippen LogP contribution is 2.21. The van der Waals surface area contributed by atoms with Crippen molar-refractivity contribution in [3.05, 3.63) is 29.3 Å². The number of carbonyl (C=O) groups is 1. The summed E-state index contributed by atoms with van der Waals surface area (Å²) in [6, 6.07) is 7.91. The van der Waals surface area contributed by atoms with Crippen LogP contribution < -0.4 is 11.1 Å². The lowest BCUT2D eigenvalue weighted by Gasteiger charge is -2.07. The highest BCUT2D eigenvalue weighted by atomic mass is 32.1. The zero-order valence-corrected chi connectivity index (χ0v) is 11.2. The Labute approximate surface area is 110 Å². The molecule has 18 heavy (non-hydrogen) atoms. The van der Waals surface area contributed by atoms with E-state index in [-0.39, 0.29) is 11.9 Å². The molecule has 0 radical (unpaired) electrons. The Morgan fingerprint density at radius 3 is 3.00 bits per heavy atom. The molecular weight excluding hydrogens is 246 g/mol. The number of carbonyl (C=O) groups excluding carboxylic acids is 1. The monoisotopic (exact) mass is 263 g/mol. The molecule has 1 amide bonds. The number of benzene rings is 1. The molecule has 0 spiro atoms. The minimum absolute atomic E-state index is 0.0105. The summed E-state index contributed by atoms with van der Waals surface area (Å²) in [6.45, 7) is 2.46. The molecule has 0 aliphatic rings. The summed E-state index contributed by atoms with van der Waals surface area (Å²) in [4.78, 5) is 16.0. The third-order valence-electron chi connectivity index (χ3n) is 2.75. The minimum atomic E-state index is -0.0552. The molecule has 2 aromatic rings. The van der Waals surface area contributed by atoms with Gasteiger partial charge in [-0.1, -0.05) is 19.1 Å². The number of fused-ring (bicyclic) bond motifs is 1. The highest BCUT2D eigenvalue weighted by Gasteiger charge is 2.08. The third-order valence-corrected chi connectivity index (χ3v) is 3.78. The standard InChI is InChI=1S/C13H17N3OS/c1-2-9(14)7-12(17)15-8-13-16-10-5-3-4-6-11(10)18-13/h3-6,9H,2,7-8,14H2,1H3,(H,15,17). The van der Waals surface area contributed by atoms with Gasteiger partial charge < -0.3 is 11.1 Å². The fourth-order valence-corrected chi connectivity index (χ4v) is 2.53. The number of para-hydroxylation sites is 1. The summed E-state index contributed by atoms with van der Waals surface area (Å²) in [6.07, 6.45) is 1.19. The lowest BCUT2D eigenvalue weighted by atomic mass is 10.1. The molecule has 1 atom stereocenters. The van der Waals surface area contributed by atoms with Crippen molar-refractivity contribution in [1.29, 1.82) is 0 Å². The number of hydrogen-bond donors (Lipinski definition) is 2. The van der Waals surface area contributed by atoms with Gasteiger partial charge in [0.05, 0.1) is 16.8 Å². The van der Waals surface area contributed by atoms with Gasteiger partial charge >= 0.3 is 0 Å².